The molecule has 0 aliphatic heterocycles. The van der Waals surface area contributed by atoms with Crippen LogP contribution in [0.1, 0.15) is 52.7 Å². The van der Waals surface area contributed by atoms with Crippen molar-refractivity contribution in [1.82, 2.24) is 9.22 Å². The highest BCUT2D eigenvalue weighted by Crippen LogP contribution is 2.43. The summed E-state index contributed by atoms with van der Waals surface area (Å²) >= 11 is 0. The zero-order chi connectivity index (χ0) is 18.9. The van der Waals surface area contributed by atoms with Gasteiger partial charge in [0.1, 0.15) is 5.65 Å². The van der Waals surface area contributed by atoms with Crippen LogP contribution in [0.25, 0.3) is 11.0 Å². The maximum atomic E-state index is 4.95. The Bertz CT molecular complexity index is 841. The summed E-state index contributed by atoms with van der Waals surface area (Å²) in [4.78, 5) is 4.95. The van der Waals surface area contributed by atoms with Crippen molar-refractivity contribution in [2.24, 2.45) is 0 Å². The number of aromatic nitrogens is 2. The second-order valence-corrected chi connectivity index (χ2v) is 14.2. The van der Waals surface area contributed by atoms with Crippen LogP contribution in [0.15, 0.2) is 54.9 Å². The van der Waals surface area contributed by atoms with Gasteiger partial charge in [-0.1, -0.05) is 71.9 Å². The number of benzene rings is 1. The fraction of sp³-hybridized carbons (Fsp3) is 0.435. The molecule has 0 saturated carbocycles. The van der Waals surface area contributed by atoms with Gasteiger partial charge in [0.15, 0.2) is 8.24 Å². The quantitative estimate of drug-likeness (QED) is 0.448. The smallest absolute Gasteiger partial charge is 0.171 e. The highest BCUT2D eigenvalue weighted by atomic mass is 28.3. The second kappa shape index (κ2) is 7.40. The lowest BCUT2D eigenvalue weighted by Gasteiger charge is -2.44. The molecule has 0 amide bonds. The summed E-state index contributed by atoms with van der Waals surface area (Å²) < 4.78 is 2.59. The fourth-order valence-electron chi connectivity index (χ4n) is 5.14. The first-order chi connectivity index (χ1) is 12.4. The number of fused-ring (bicyclic) bond motifs is 1. The maximum absolute atomic E-state index is 4.95. The first-order valence-electron chi connectivity index (χ1n) is 9.87. The lowest BCUT2D eigenvalue weighted by atomic mass is 10.1. The van der Waals surface area contributed by atoms with Gasteiger partial charge in [0.05, 0.1) is 0 Å². The van der Waals surface area contributed by atoms with Crippen molar-refractivity contribution in [3.63, 3.8) is 0 Å². The fourth-order valence-corrected chi connectivity index (χ4v) is 11.7. The Morgan fingerprint density at radius 2 is 1.46 bits per heavy atom. The zero-order valence-electron chi connectivity index (χ0n) is 17.0. The monoisotopic (exact) mass is 364 g/mol. The topological polar surface area (TPSA) is 17.8 Å². The van der Waals surface area contributed by atoms with Gasteiger partial charge in [-0.3, -0.25) is 0 Å². The lowest BCUT2D eigenvalue weighted by molar-refractivity contribution is 0.770. The van der Waals surface area contributed by atoms with Crippen molar-refractivity contribution in [1.29, 1.82) is 0 Å². The molecule has 0 spiro atoms. The van der Waals surface area contributed by atoms with Crippen molar-refractivity contribution in [3.8, 4) is 0 Å². The van der Waals surface area contributed by atoms with Gasteiger partial charge in [-0.2, -0.15) is 0 Å². The Balaban J connectivity index is 2.06. The summed E-state index contributed by atoms with van der Waals surface area (Å²) in [5.74, 6) is 0. The van der Waals surface area contributed by atoms with Crippen LogP contribution < -0.4 is 0 Å². The van der Waals surface area contributed by atoms with E-state index in [-0.39, 0.29) is 0 Å². The van der Waals surface area contributed by atoms with Crippen LogP contribution in [0.5, 0.6) is 0 Å². The molecule has 0 atom stereocenters. The minimum Gasteiger partial charge on any atom is -0.359 e. The SMILES string of the molecule is CC(C)[Si](C(C)C)(C(C)C)n1ccc2cc(Cc3ccccc3)cnc21. The van der Waals surface area contributed by atoms with Crippen LogP contribution in [-0.4, -0.2) is 17.5 Å². The predicted octanol–water partition coefficient (Wildman–Crippen LogP) is 6.65. The number of hydrogen-bond donors (Lipinski definition) is 0. The Hall–Kier alpha value is -1.87. The molecule has 2 heterocycles. The minimum absolute atomic E-state index is 0.670. The van der Waals surface area contributed by atoms with Gasteiger partial charge in [-0.25, -0.2) is 4.98 Å². The molecule has 3 aromatic rings. The summed E-state index contributed by atoms with van der Waals surface area (Å²) in [6.45, 7) is 14.4. The van der Waals surface area contributed by atoms with Crippen LogP contribution >= 0.6 is 0 Å². The van der Waals surface area contributed by atoms with Crippen LogP contribution in [0.3, 0.4) is 0 Å². The summed E-state index contributed by atoms with van der Waals surface area (Å²) in [6, 6.07) is 15.2. The Kier molecular flexibility index (Phi) is 5.38. The van der Waals surface area contributed by atoms with Gasteiger partial charge in [-0.05, 0) is 52.5 Å². The van der Waals surface area contributed by atoms with E-state index in [0.717, 1.165) is 6.42 Å². The van der Waals surface area contributed by atoms with Crippen LogP contribution in [0, 0.1) is 0 Å². The van der Waals surface area contributed by atoms with E-state index in [1.54, 1.807) is 0 Å². The number of rotatable bonds is 6. The normalized spacial score (nSPS) is 12.7. The van der Waals surface area contributed by atoms with E-state index in [0.29, 0.717) is 16.6 Å². The van der Waals surface area contributed by atoms with Gasteiger partial charge < -0.3 is 4.23 Å². The number of pyridine rings is 1. The van der Waals surface area contributed by atoms with Gasteiger partial charge in [0.2, 0.25) is 0 Å². The van der Waals surface area contributed by atoms with Crippen molar-refractivity contribution in [2.75, 3.05) is 0 Å². The van der Waals surface area contributed by atoms with Crippen molar-refractivity contribution < 1.29 is 0 Å². The average molecular weight is 365 g/mol. The third-order valence-corrected chi connectivity index (χ3v) is 12.8. The van der Waals surface area contributed by atoms with E-state index < -0.39 is 8.24 Å². The first-order valence-corrected chi connectivity index (χ1v) is 12.1. The highest BCUT2D eigenvalue weighted by molar-refractivity contribution is 6.82. The van der Waals surface area contributed by atoms with Gasteiger partial charge in [0.25, 0.3) is 0 Å². The van der Waals surface area contributed by atoms with E-state index in [2.05, 4.69) is 101 Å². The zero-order valence-corrected chi connectivity index (χ0v) is 18.0. The highest BCUT2D eigenvalue weighted by Gasteiger charge is 2.45. The first kappa shape index (κ1) is 18.9. The molecule has 3 heteroatoms. The molecular formula is C23H32N2Si. The molecule has 0 aliphatic rings. The Morgan fingerprint density at radius 3 is 2.04 bits per heavy atom. The summed E-state index contributed by atoms with van der Waals surface area (Å²) in [5, 5.41) is 1.28. The van der Waals surface area contributed by atoms with E-state index >= 15 is 0 Å². The van der Waals surface area contributed by atoms with E-state index in [1.807, 2.05) is 0 Å². The second-order valence-electron chi connectivity index (χ2n) is 8.46. The summed E-state index contributed by atoms with van der Waals surface area (Å²) in [6.07, 6.45) is 5.33. The molecular weight excluding hydrogens is 332 g/mol. The molecule has 0 aliphatic carbocycles. The summed E-state index contributed by atoms with van der Waals surface area (Å²) in [7, 11) is -1.75. The molecule has 0 fully saturated rings. The Morgan fingerprint density at radius 1 is 0.846 bits per heavy atom. The summed E-state index contributed by atoms with van der Waals surface area (Å²) in [5.41, 5.74) is 5.80. The molecule has 2 nitrogen and oxygen atoms in total. The minimum atomic E-state index is -1.75. The largest absolute Gasteiger partial charge is 0.359 e. The van der Waals surface area contributed by atoms with Gasteiger partial charge in [0, 0.05) is 11.6 Å². The average Bonchev–Trinajstić information content (AvgIpc) is 2.99. The third kappa shape index (κ3) is 3.14. The predicted molar refractivity (Wildman–Crippen MR) is 115 cm³/mol. The Labute approximate surface area is 159 Å². The number of hydrogen-bond acceptors (Lipinski definition) is 1. The van der Waals surface area contributed by atoms with Crippen LogP contribution in [-0.2, 0) is 6.42 Å². The standard InChI is InChI=1S/C23H32N2Si/c1-17(2)26(18(3)4,19(5)6)25-13-12-22-15-21(16-24-23(22)25)14-20-10-8-7-9-11-20/h7-13,15-19H,14H2,1-6H3. The molecule has 3 rings (SSSR count). The van der Waals surface area contributed by atoms with E-state index in [4.69, 9.17) is 4.98 Å². The molecule has 0 bridgehead atoms. The van der Waals surface area contributed by atoms with Crippen LogP contribution in [0.2, 0.25) is 16.6 Å². The molecule has 2 aromatic heterocycles. The molecule has 138 valence electrons. The molecule has 0 N–H and O–H groups in total. The van der Waals surface area contributed by atoms with Crippen molar-refractivity contribution in [2.45, 2.75) is 64.6 Å². The molecule has 0 saturated heterocycles. The van der Waals surface area contributed by atoms with Crippen molar-refractivity contribution in [3.05, 3.63) is 66.0 Å². The van der Waals surface area contributed by atoms with Crippen molar-refractivity contribution >= 4 is 19.3 Å². The molecule has 1 aromatic carbocycles. The van der Waals surface area contributed by atoms with Crippen LogP contribution in [0.4, 0.5) is 0 Å². The third-order valence-electron chi connectivity index (χ3n) is 6.03. The molecule has 0 radical (unpaired) electrons. The van der Waals surface area contributed by atoms with E-state index in [1.165, 1.54) is 22.2 Å². The lowest BCUT2D eigenvalue weighted by Crippen LogP contribution is -2.51. The molecule has 26 heavy (non-hydrogen) atoms. The maximum Gasteiger partial charge on any atom is 0.171 e. The molecule has 0 unspecified atom stereocenters. The van der Waals surface area contributed by atoms with E-state index in [9.17, 15) is 0 Å². The van der Waals surface area contributed by atoms with Gasteiger partial charge in [-0.15, -0.1) is 0 Å². The van der Waals surface area contributed by atoms with Gasteiger partial charge >= 0.3 is 0 Å². The number of nitrogens with zero attached hydrogens (tertiary/aromatic N) is 2.